The normalized spacial score (nSPS) is 31.0. The van der Waals surface area contributed by atoms with Crippen LogP contribution in [0.4, 0.5) is 0 Å². The monoisotopic (exact) mass is 206 g/mol. The van der Waals surface area contributed by atoms with Crippen LogP contribution in [0.25, 0.3) is 0 Å². The lowest BCUT2D eigenvalue weighted by molar-refractivity contribution is -0.117. The maximum Gasteiger partial charge on any atom is 0.161 e. The van der Waals surface area contributed by atoms with E-state index in [1.165, 1.54) is 12.8 Å². The molecule has 15 heavy (non-hydrogen) atoms. The molecule has 2 rings (SSSR count). The highest BCUT2D eigenvalue weighted by atomic mass is 16.1. The molecule has 0 saturated heterocycles. The zero-order chi connectivity index (χ0) is 11.1. The molecule has 2 atom stereocenters. The van der Waals surface area contributed by atoms with Crippen LogP contribution in [0.3, 0.4) is 0 Å². The SMILES string of the molecule is CC(C)(C)C1CC1C(=O)C1=CCCCC1. The van der Waals surface area contributed by atoms with E-state index in [1.54, 1.807) is 0 Å². The molecule has 1 saturated carbocycles. The molecular formula is C14H22O. The van der Waals surface area contributed by atoms with Crippen LogP contribution in [-0.4, -0.2) is 5.78 Å². The summed E-state index contributed by atoms with van der Waals surface area (Å²) in [6, 6.07) is 0. The van der Waals surface area contributed by atoms with Crippen molar-refractivity contribution in [2.75, 3.05) is 0 Å². The van der Waals surface area contributed by atoms with E-state index in [0.29, 0.717) is 23.0 Å². The molecule has 0 aliphatic heterocycles. The fourth-order valence-electron chi connectivity index (χ4n) is 2.74. The molecule has 0 aromatic carbocycles. The van der Waals surface area contributed by atoms with Gasteiger partial charge in [0, 0.05) is 5.92 Å². The van der Waals surface area contributed by atoms with E-state index in [4.69, 9.17) is 0 Å². The van der Waals surface area contributed by atoms with Gasteiger partial charge in [-0.3, -0.25) is 4.79 Å². The fourth-order valence-corrected chi connectivity index (χ4v) is 2.74. The molecule has 0 N–H and O–H groups in total. The van der Waals surface area contributed by atoms with E-state index < -0.39 is 0 Å². The minimum absolute atomic E-state index is 0.315. The highest BCUT2D eigenvalue weighted by molar-refractivity contribution is 5.99. The molecule has 0 aromatic heterocycles. The summed E-state index contributed by atoms with van der Waals surface area (Å²) in [6.07, 6.45) is 7.94. The summed E-state index contributed by atoms with van der Waals surface area (Å²) in [7, 11) is 0. The van der Waals surface area contributed by atoms with Gasteiger partial charge in [-0.25, -0.2) is 0 Å². The Morgan fingerprint density at radius 2 is 2.07 bits per heavy atom. The molecule has 1 nitrogen and oxygen atoms in total. The van der Waals surface area contributed by atoms with Gasteiger partial charge in [-0.05, 0) is 49.0 Å². The molecular weight excluding hydrogens is 184 g/mol. The summed E-state index contributed by atoms with van der Waals surface area (Å²) >= 11 is 0. The third-order valence-electron chi connectivity index (χ3n) is 3.85. The Morgan fingerprint density at radius 1 is 1.33 bits per heavy atom. The Morgan fingerprint density at radius 3 is 2.53 bits per heavy atom. The molecule has 2 unspecified atom stereocenters. The first-order valence-electron chi connectivity index (χ1n) is 6.23. The molecule has 2 aliphatic carbocycles. The number of hydrogen-bond acceptors (Lipinski definition) is 1. The van der Waals surface area contributed by atoms with Gasteiger partial charge in [-0.15, -0.1) is 0 Å². The number of rotatable bonds is 2. The number of carbonyl (C=O) groups excluding carboxylic acids is 1. The standard InChI is InChI=1S/C14H22O/c1-14(2,3)12-9-11(12)13(15)10-7-5-4-6-8-10/h7,11-12H,4-6,8-9H2,1-3H3. The molecule has 1 heteroatoms. The van der Waals surface area contributed by atoms with Crippen molar-refractivity contribution >= 4 is 5.78 Å². The number of ketones is 1. The highest BCUT2D eigenvalue weighted by Gasteiger charge is 2.49. The fraction of sp³-hybridized carbons (Fsp3) is 0.786. The van der Waals surface area contributed by atoms with Crippen LogP contribution < -0.4 is 0 Å². The molecule has 2 aliphatic rings. The van der Waals surface area contributed by atoms with Crippen molar-refractivity contribution in [2.24, 2.45) is 17.3 Å². The first-order chi connectivity index (χ1) is 7.00. The van der Waals surface area contributed by atoms with Gasteiger partial charge in [0.05, 0.1) is 0 Å². The Hall–Kier alpha value is -0.590. The zero-order valence-corrected chi connectivity index (χ0v) is 10.2. The summed E-state index contributed by atoms with van der Waals surface area (Å²) in [5, 5.41) is 0. The molecule has 0 radical (unpaired) electrons. The van der Waals surface area contributed by atoms with Crippen molar-refractivity contribution in [1.82, 2.24) is 0 Å². The van der Waals surface area contributed by atoms with E-state index in [2.05, 4.69) is 26.8 Å². The van der Waals surface area contributed by atoms with Crippen molar-refractivity contribution in [1.29, 1.82) is 0 Å². The van der Waals surface area contributed by atoms with Gasteiger partial charge in [0.25, 0.3) is 0 Å². The molecule has 0 amide bonds. The van der Waals surface area contributed by atoms with E-state index >= 15 is 0 Å². The molecule has 0 heterocycles. The van der Waals surface area contributed by atoms with Gasteiger partial charge >= 0.3 is 0 Å². The molecule has 84 valence electrons. The van der Waals surface area contributed by atoms with Crippen molar-refractivity contribution < 1.29 is 4.79 Å². The molecule has 0 aromatic rings. The lowest BCUT2D eigenvalue weighted by atomic mass is 9.86. The summed E-state index contributed by atoms with van der Waals surface area (Å²) in [5.41, 5.74) is 1.45. The van der Waals surface area contributed by atoms with Crippen LogP contribution >= 0.6 is 0 Å². The van der Waals surface area contributed by atoms with Crippen molar-refractivity contribution in [3.05, 3.63) is 11.6 Å². The maximum atomic E-state index is 12.1. The van der Waals surface area contributed by atoms with Crippen molar-refractivity contribution in [3.8, 4) is 0 Å². The van der Waals surface area contributed by atoms with Crippen LogP contribution in [0.1, 0.15) is 52.9 Å². The quantitative estimate of drug-likeness (QED) is 0.672. The van der Waals surface area contributed by atoms with Gasteiger partial charge in [-0.1, -0.05) is 26.8 Å². The van der Waals surface area contributed by atoms with Gasteiger partial charge in [0.1, 0.15) is 0 Å². The number of carbonyl (C=O) groups is 1. The van der Waals surface area contributed by atoms with Gasteiger partial charge in [0.15, 0.2) is 5.78 Å². The average molecular weight is 206 g/mol. The Labute approximate surface area is 92.9 Å². The van der Waals surface area contributed by atoms with Crippen LogP contribution in [-0.2, 0) is 4.79 Å². The van der Waals surface area contributed by atoms with E-state index in [9.17, 15) is 4.79 Å². The number of hydrogen-bond donors (Lipinski definition) is 0. The first-order valence-corrected chi connectivity index (χ1v) is 6.23. The lowest BCUT2D eigenvalue weighted by Crippen LogP contribution is -2.15. The Kier molecular flexibility index (Phi) is 2.74. The van der Waals surface area contributed by atoms with Crippen LogP contribution in [0.5, 0.6) is 0 Å². The predicted octanol–water partition coefficient (Wildman–Crippen LogP) is 3.74. The largest absolute Gasteiger partial charge is 0.294 e. The zero-order valence-electron chi connectivity index (χ0n) is 10.2. The van der Waals surface area contributed by atoms with E-state index in [0.717, 1.165) is 24.8 Å². The number of Topliss-reactive ketones (excluding diaryl/α,β-unsaturated/α-hetero) is 1. The van der Waals surface area contributed by atoms with Gasteiger partial charge in [-0.2, -0.15) is 0 Å². The maximum absolute atomic E-state index is 12.1. The summed E-state index contributed by atoms with van der Waals surface area (Å²) in [6.45, 7) is 6.75. The van der Waals surface area contributed by atoms with E-state index in [-0.39, 0.29) is 0 Å². The minimum atomic E-state index is 0.315. The van der Waals surface area contributed by atoms with Crippen molar-refractivity contribution in [3.63, 3.8) is 0 Å². The molecule has 1 fully saturated rings. The van der Waals surface area contributed by atoms with Crippen LogP contribution in [0.15, 0.2) is 11.6 Å². The second-order valence-electron chi connectivity index (χ2n) is 6.15. The van der Waals surface area contributed by atoms with Crippen molar-refractivity contribution in [2.45, 2.75) is 52.9 Å². The summed E-state index contributed by atoms with van der Waals surface area (Å²) < 4.78 is 0. The highest BCUT2D eigenvalue weighted by Crippen LogP contribution is 2.52. The second-order valence-corrected chi connectivity index (χ2v) is 6.15. The summed E-state index contributed by atoms with van der Waals surface area (Å²) in [4.78, 5) is 12.1. The van der Waals surface area contributed by atoms with E-state index in [1.807, 2.05) is 0 Å². The van der Waals surface area contributed by atoms with Gasteiger partial charge < -0.3 is 0 Å². The topological polar surface area (TPSA) is 17.1 Å². The minimum Gasteiger partial charge on any atom is -0.294 e. The Bertz CT molecular complexity index is 293. The first kappa shape index (κ1) is 10.9. The molecule has 0 spiro atoms. The van der Waals surface area contributed by atoms with Gasteiger partial charge in [0.2, 0.25) is 0 Å². The van der Waals surface area contributed by atoms with Crippen LogP contribution in [0.2, 0.25) is 0 Å². The average Bonchev–Trinajstić information content (AvgIpc) is 2.97. The van der Waals surface area contributed by atoms with Crippen LogP contribution in [0, 0.1) is 17.3 Å². The Balaban J connectivity index is 1.97. The summed E-state index contributed by atoms with van der Waals surface area (Å²) in [5.74, 6) is 1.46. The third kappa shape index (κ3) is 2.32. The molecule has 0 bridgehead atoms. The predicted molar refractivity (Wildman–Crippen MR) is 62.6 cm³/mol. The third-order valence-corrected chi connectivity index (χ3v) is 3.85. The smallest absolute Gasteiger partial charge is 0.161 e. The second kappa shape index (κ2) is 3.77. The number of allylic oxidation sites excluding steroid dienone is 2. The lowest BCUT2D eigenvalue weighted by Gasteiger charge is -2.18.